The zero-order valence-electron chi connectivity index (χ0n) is 7.42. The van der Waals surface area contributed by atoms with E-state index in [4.69, 9.17) is 6.42 Å². The molecule has 0 aromatic carbocycles. The lowest BCUT2D eigenvalue weighted by atomic mass is 10.2. The van der Waals surface area contributed by atoms with Gasteiger partial charge in [0.15, 0.2) is 0 Å². The van der Waals surface area contributed by atoms with Crippen molar-refractivity contribution in [1.82, 2.24) is 5.32 Å². The van der Waals surface area contributed by atoms with Crippen molar-refractivity contribution in [2.24, 2.45) is 0 Å². The molecule has 64 valence electrons. The molecule has 1 unspecified atom stereocenters. The van der Waals surface area contributed by atoms with Crippen LogP contribution >= 0.6 is 11.3 Å². The highest BCUT2D eigenvalue weighted by atomic mass is 32.1. The predicted octanol–water partition coefficient (Wildman–Crippen LogP) is 2.34. The number of aryl methyl sites for hydroxylation is 1. The van der Waals surface area contributed by atoms with Gasteiger partial charge in [0.1, 0.15) is 0 Å². The minimum absolute atomic E-state index is 0.376. The van der Waals surface area contributed by atoms with Crippen molar-refractivity contribution in [2.75, 3.05) is 6.54 Å². The molecule has 1 rings (SSSR count). The van der Waals surface area contributed by atoms with Gasteiger partial charge in [0.05, 0.1) is 6.54 Å². The fourth-order valence-corrected chi connectivity index (χ4v) is 2.09. The second-order valence-electron chi connectivity index (χ2n) is 2.77. The third-order valence-electron chi connectivity index (χ3n) is 1.81. The van der Waals surface area contributed by atoms with Crippen molar-refractivity contribution in [3.8, 4) is 12.3 Å². The number of thiophene rings is 1. The van der Waals surface area contributed by atoms with Gasteiger partial charge in [-0.1, -0.05) is 5.92 Å². The lowest BCUT2D eigenvalue weighted by molar-refractivity contribution is 0.631. The van der Waals surface area contributed by atoms with E-state index in [2.05, 4.69) is 36.5 Å². The van der Waals surface area contributed by atoms with Gasteiger partial charge < -0.3 is 0 Å². The maximum atomic E-state index is 5.16. The largest absolute Gasteiger partial charge is 0.299 e. The third-order valence-corrected chi connectivity index (χ3v) is 3.01. The van der Waals surface area contributed by atoms with Crippen LogP contribution in [0.25, 0.3) is 0 Å². The van der Waals surface area contributed by atoms with Crippen molar-refractivity contribution < 1.29 is 0 Å². The first-order chi connectivity index (χ1) is 5.75. The Morgan fingerprint density at radius 3 is 3.00 bits per heavy atom. The summed E-state index contributed by atoms with van der Waals surface area (Å²) in [7, 11) is 0. The maximum absolute atomic E-state index is 5.16. The summed E-state index contributed by atoms with van der Waals surface area (Å²) in [5.41, 5.74) is 1.34. The lowest BCUT2D eigenvalue weighted by Gasteiger charge is -2.10. The van der Waals surface area contributed by atoms with Crippen LogP contribution in [0.1, 0.15) is 23.4 Å². The van der Waals surface area contributed by atoms with Gasteiger partial charge >= 0.3 is 0 Å². The molecule has 0 fully saturated rings. The molecule has 0 amide bonds. The Hall–Kier alpha value is -0.780. The van der Waals surface area contributed by atoms with E-state index in [9.17, 15) is 0 Å². The molecule has 2 heteroatoms. The van der Waals surface area contributed by atoms with Crippen LogP contribution in [-0.2, 0) is 0 Å². The Bertz CT molecular complexity index is 282. The minimum Gasteiger partial charge on any atom is -0.299 e. The Labute approximate surface area is 77.8 Å². The van der Waals surface area contributed by atoms with Crippen molar-refractivity contribution in [2.45, 2.75) is 19.9 Å². The summed E-state index contributed by atoms with van der Waals surface area (Å²) < 4.78 is 0. The van der Waals surface area contributed by atoms with E-state index >= 15 is 0 Å². The first kappa shape index (κ1) is 9.31. The van der Waals surface area contributed by atoms with Gasteiger partial charge in [0.25, 0.3) is 0 Å². The standard InChI is InChI=1S/C10H13NS/c1-4-6-11-9(3)10-8(2)5-7-12-10/h1,5,7,9,11H,6H2,2-3H3. The molecule has 1 atom stereocenters. The molecule has 12 heavy (non-hydrogen) atoms. The number of hydrogen-bond donors (Lipinski definition) is 1. The van der Waals surface area contributed by atoms with Gasteiger partial charge in [-0.15, -0.1) is 17.8 Å². The molecule has 0 aliphatic carbocycles. The minimum atomic E-state index is 0.376. The average Bonchev–Trinajstić information content (AvgIpc) is 2.47. The van der Waals surface area contributed by atoms with Gasteiger partial charge in [-0.3, -0.25) is 5.32 Å². The first-order valence-electron chi connectivity index (χ1n) is 3.96. The van der Waals surface area contributed by atoms with Crippen LogP contribution in [0.5, 0.6) is 0 Å². The molecule has 0 saturated heterocycles. The summed E-state index contributed by atoms with van der Waals surface area (Å²) in [4.78, 5) is 1.38. The molecular weight excluding hydrogens is 166 g/mol. The molecule has 0 radical (unpaired) electrons. The highest BCUT2D eigenvalue weighted by molar-refractivity contribution is 7.10. The van der Waals surface area contributed by atoms with Crippen LogP contribution in [0.4, 0.5) is 0 Å². The van der Waals surface area contributed by atoms with Crippen LogP contribution in [-0.4, -0.2) is 6.54 Å². The Morgan fingerprint density at radius 1 is 1.75 bits per heavy atom. The molecule has 0 spiro atoms. The molecule has 1 aromatic rings. The maximum Gasteiger partial charge on any atom is 0.0578 e. The zero-order valence-corrected chi connectivity index (χ0v) is 8.24. The van der Waals surface area contributed by atoms with Crippen LogP contribution in [0.15, 0.2) is 11.4 Å². The fraction of sp³-hybridized carbons (Fsp3) is 0.400. The molecule has 0 aliphatic heterocycles. The number of rotatable bonds is 3. The Balaban J connectivity index is 2.60. The van der Waals surface area contributed by atoms with E-state index in [0.29, 0.717) is 12.6 Å². The van der Waals surface area contributed by atoms with E-state index in [-0.39, 0.29) is 0 Å². The summed E-state index contributed by atoms with van der Waals surface area (Å²) >= 11 is 1.78. The van der Waals surface area contributed by atoms with Crippen molar-refractivity contribution >= 4 is 11.3 Å². The number of nitrogens with one attached hydrogen (secondary N) is 1. The van der Waals surface area contributed by atoms with Crippen LogP contribution in [0.3, 0.4) is 0 Å². The normalized spacial score (nSPS) is 12.4. The molecule has 1 aromatic heterocycles. The quantitative estimate of drug-likeness (QED) is 0.702. The summed E-state index contributed by atoms with van der Waals surface area (Å²) in [6, 6.07) is 2.51. The van der Waals surface area contributed by atoms with E-state index in [1.165, 1.54) is 10.4 Å². The summed E-state index contributed by atoms with van der Waals surface area (Å²) in [6.45, 7) is 4.90. The fourth-order valence-electron chi connectivity index (χ4n) is 1.13. The van der Waals surface area contributed by atoms with E-state index < -0.39 is 0 Å². The summed E-state index contributed by atoms with van der Waals surface area (Å²) in [5, 5.41) is 5.36. The highest BCUT2D eigenvalue weighted by Crippen LogP contribution is 2.22. The summed E-state index contributed by atoms with van der Waals surface area (Å²) in [5.74, 6) is 2.57. The lowest BCUT2D eigenvalue weighted by Crippen LogP contribution is -2.18. The number of terminal acetylenes is 1. The van der Waals surface area contributed by atoms with Crippen LogP contribution in [0, 0.1) is 19.3 Å². The van der Waals surface area contributed by atoms with E-state index in [0.717, 1.165) is 0 Å². The molecular formula is C10H13NS. The molecule has 0 bridgehead atoms. The van der Waals surface area contributed by atoms with E-state index in [1.54, 1.807) is 11.3 Å². The summed E-state index contributed by atoms with van der Waals surface area (Å²) in [6.07, 6.45) is 5.16. The molecule has 1 heterocycles. The third kappa shape index (κ3) is 2.10. The molecule has 0 saturated carbocycles. The SMILES string of the molecule is C#CCNC(C)c1sccc1C. The molecule has 0 aliphatic rings. The molecule has 1 nitrogen and oxygen atoms in total. The zero-order chi connectivity index (χ0) is 8.97. The second-order valence-corrected chi connectivity index (χ2v) is 3.72. The predicted molar refractivity (Wildman–Crippen MR) is 54.3 cm³/mol. The van der Waals surface area contributed by atoms with Gasteiger partial charge in [0, 0.05) is 10.9 Å². The van der Waals surface area contributed by atoms with Crippen LogP contribution in [0.2, 0.25) is 0 Å². The molecule has 1 N–H and O–H groups in total. The van der Waals surface area contributed by atoms with Gasteiger partial charge in [0.2, 0.25) is 0 Å². The van der Waals surface area contributed by atoms with Crippen LogP contribution < -0.4 is 5.32 Å². The van der Waals surface area contributed by atoms with Crippen molar-refractivity contribution in [3.05, 3.63) is 21.9 Å². The van der Waals surface area contributed by atoms with Crippen molar-refractivity contribution in [1.29, 1.82) is 0 Å². The highest BCUT2D eigenvalue weighted by Gasteiger charge is 2.07. The van der Waals surface area contributed by atoms with Gasteiger partial charge in [-0.05, 0) is 30.9 Å². The Kier molecular flexibility index (Phi) is 3.33. The van der Waals surface area contributed by atoms with Gasteiger partial charge in [-0.25, -0.2) is 0 Å². The topological polar surface area (TPSA) is 12.0 Å². The smallest absolute Gasteiger partial charge is 0.0578 e. The van der Waals surface area contributed by atoms with Crippen molar-refractivity contribution in [3.63, 3.8) is 0 Å². The average molecular weight is 179 g/mol. The van der Waals surface area contributed by atoms with Gasteiger partial charge in [-0.2, -0.15) is 0 Å². The monoisotopic (exact) mass is 179 g/mol. The first-order valence-corrected chi connectivity index (χ1v) is 4.84. The number of hydrogen-bond acceptors (Lipinski definition) is 2. The van der Waals surface area contributed by atoms with E-state index in [1.807, 2.05) is 0 Å². The second kappa shape index (κ2) is 4.30. The Morgan fingerprint density at radius 2 is 2.50 bits per heavy atom.